The maximum atomic E-state index is 13.6. The van der Waals surface area contributed by atoms with E-state index in [-0.39, 0.29) is 17.9 Å². The van der Waals surface area contributed by atoms with Crippen LogP contribution in [-0.2, 0) is 16.0 Å². The fourth-order valence-electron chi connectivity index (χ4n) is 5.82. The number of amides is 1. The minimum absolute atomic E-state index is 0.134. The van der Waals surface area contributed by atoms with Gasteiger partial charge in [-0.3, -0.25) is 9.89 Å². The number of anilines is 3. The summed E-state index contributed by atoms with van der Waals surface area (Å²) in [6.07, 6.45) is 7.73. The second kappa shape index (κ2) is 10.9. The highest BCUT2D eigenvalue weighted by molar-refractivity contribution is 5.85. The van der Waals surface area contributed by atoms with Gasteiger partial charge in [-0.25, -0.2) is 19.0 Å². The van der Waals surface area contributed by atoms with Crippen molar-refractivity contribution in [3.8, 4) is 5.82 Å². The Morgan fingerprint density at radius 2 is 2.05 bits per heavy atom. The molecule has 4 aromatic rings. The summed E-state index contributed by atoms with van der Waals surface area (Å²) in [4.78, 5) is 22.9. The third kappa shape index (κ3) is 5.39. The van der Waals surface area contributed by atoms with Crippen LogP contribution in [0.25, 0.3) is 5.82 Å². The van der Waals surface area contributed by atoms with Crippen molar-refractivity contribution in [2.75, 3.05) is 24.3 Å². The van der Waals surface area contributed by atoms with Gasteiger partial charge in [0, 0.05) is 37.5 Å². The van der Waals surface area contributed by atoms with Crippen LogP contribution in [0.4, 0.5) is 21.7 Å². The maximum Gasteiger partial charge on any atom is 0.252 e. The number of hydrogen-bond acceptors (Lipinski definition) is 8. The minimum atomic E-state index is -0.913. The highest BCUT2D eigenvalue weighted by atomic mass is 19.1. The number of aromatic amines is 1. The first-order valence-electron chi connectivity index (χ1n) is 13.9. The van der Waals surface area contributed by atoms with Gasteiger partial charge in [0.05, 0.1) is 29.8 Å². The smallest absolute Gasteiger partial charge is 0.252 e. The molecular weight excluding hydrogens is 525 g/mol. The van der Waals surface area contributed by atoms with Gasteiger partial charge < -0.3 is 20.7 Å². The molecule has 1 amide bonds. The molecule has 6 rings (SSSR count). The topological polar surface area (TPSA) is 135 Å². The Kier molecular flexibility index (Phi) is 7.16. The van der Waals surface area contributed by atoms with Crippen molar-refractivity contribution in [3.05, 3.63) is 71.2 Å². The molecule has 0 unspecified atom stereocenters. The molecule has 12 heteroatoms. The fourth-order valence-corrected chi connectivity index (χ4v) is 5.82. The summed E-state index contributed by atoms with van der Waals surface area (Å²) in [5.41, 5.74) is 4.30. The Bertz CT molecular complexity index is 1540. The number of carbonyl (C=O) groups excluding carboxylic acids is 1. The van der Waals surface area contributed by atoms with Crippen LogP contribution >= 0.6 is 0 Å². The number of carbonyl (C=O) groups is 1. The SMILES string of the molecule is COC1(C(=O)N[C@@H](C)c2ccc(-n3cc(F)cn3)nc2)CCC(c2nc(Nc3cc(C)[nH]n3)cc3c2NCC3)CC1. The van der Waals surface area contributed by atoms with Crippen molar-refractivity contribution in [1.82, 2.24) is 35.3 Å². The lowest BCUT2D eigenvalue weighted by atomic mass is 9.76. The molecule has 1 atom stereocenters. The largest absolute Gasteiger partial charge is 0.383 e. The Morgan fingerprint density at radius 3 is 2.71 bits per heavy atom. The lowest BCUT2D eigenvalue weighted by molar-refractivity contribution is -0.148. The first kappa shape index (κ1) is 26.9. The Morgan fingerprint density at radius 1 is 1.22 bits per heavy atom. The normalized spacial score (nSPS) is 20.7. The summed E-state index contributed by atoms with van der Waals surface area (Å²) in [6, 6.07) is 7.36. The van der Waals surface area contributed by atoms with E-state index in [0.29, 0.717) is 18.7 Å². The van der Waals surface area contributed by atoms with Crippen molar-refractivity contribution >= 4 is 23.2 Å². The van der Waals surface area contributed by atoms with Crippen molar-refractivity contribution in [2.45, 2.75) is 63.5 Å². The first-order valence-corrected chi connectivity index (χ1v) is 13.9. The van der Waals surface area contributed by atoms with Crippen LogP contribution in [0.5, 0.6) is 0 Å². The number of fused-ring (bicyclic) bond motifs is 1. The molecule has 214 valence electrons. The van der Waals surface area contributed by atoms with Crippen LogP contribution in [0.2, 0.25) is 0 Å². The van der Waals surface area contributed by atoms with Crippen LogP contribution in [0.15, 0.2) is 42.9 Å². The maximum absolute atomic E-state index is 13.6. The second-order valence-corrected chi connectivity index (χ2v) is 10.9. The molecule has 5 heterocycles. The van der Waals surface area contributed by atoms with Gasteiger partial charge >= 0.3 is 0 Å². The summed E-state index contributed by atoms with van der Waals surface area (Å²) in [6.45, 7) is 4.76. The molecule has 1 saturated carbocycles. The quantitative estimate of drug-likeness (QED) is 0.249. The summed E-state index contributed by atoms with van der Waals surface area (Å²) >= 11 is 0. The summed E-state index contributed by atoms with van der Waals surface area (Å²) < 4.78 is 20.6. The molecule has 0 saturated heterocycles. The lowest BCUT2D eigenvalue weighted by Crippen LogP contribution is -2.50. The molecule has 1 aliphatic heterocycles. The monoisotopic (exact) mass is 559 g/mol. The number of aryl methyl sites for hydroxylation is 1. The van der Waals surface area contributed by atoms with Crippen molar-refractivity contribution in [2.24, 2.45) is 0 Å². The molecule has 2 aliphatic rings. The predicted molar refractivity (Wildman–Crippen MR) is 152 cm³/mol. The van der Waals surface area contributed by atoms with Crippen molar-refractivity contribution in [3.63, 3.8) is 0 Å². The van der Waals surface area contributed by atoms with Gasteiger partial charge in [-0.1, -0.05) is 6.07 Å². The van der Waals surface area contributed by atoms with Gasteiger partial charge in [-0.15, -0.1) is 0 Å². The molecule has 41 heavy (non-hydrogen) atoms. The van der Waals surface area contributed by atoms with Crippen LogP contribution < -0.4 is 16.0 Å². The van der Waals surface area contributed by atoms with Gasteiger partial charge in [0.25, 0.3) is 5.91 Å². The van der Waals surface area contributed by atoms with Gasteiger partial charge in [-0.05, 0) is 69.2 Å². The number of halogens is 1. The van der Waals surface area contributed by atoms with Crippen LogP contribution in [0.3, 0.4) is 0 Å². The first-order chi connectivity index (χ1) is 19.8. The molecule has 0 bridgehead atoms. The summed E-state index contributed by atoms with van der Waals surface area (Å²) in [7, 11) is 1.61. The number of hydrogen-bond donors (Lipinski definition) is 4. The van der Waals surface area contributed by atoms with Crippen LogP contribution in [0, 0.1) is 12.7 Å². The van der Waals surface area contributed by atoms with Crippen molar-refractivity contribution in [1.29, 1.82) is 0 Å². The van der Waals surface area contributed by atoms with Crippen molar-refractivity contribution < 1.29 is 13.9 Å². The molecule has 4 aromatic heterocycles. The standard InChI is InChI=1S/C29H34FN9O2/c1-17-12-24(38-37-17)35-23-13-20-8-11-31-26(20)27(36-23)19-6-9-29(41-3,10-7-19)28(40)34-18(2)21-4-5-25(32-14-21)39-16-22(30)15-33-39/h4-5,12-16,18-19,31H,6-11H2,1-3H3,(H,34,40)(H2,35,36,37,38)/t18-,19?,29?/m0/s1. The van der Waals surface area contributed by atoms with Crippen LogP contribution in [-0.4, -0.2) is 55.1 Å². The molecule has 4 N–H and O–H groups in total. The molecule has 11 nitrogen and oxygen atoms in total. The zero-order valence-corrected chi connectivity index (χ0v) is 23.4. The number of nitrogens with zero attached hydrogens (tertiary/aromatic N) is 5. The highest BCUT2D eigenvalue weighted by Gasteiger charge is 2.43. The number of nitrogens with one attached hydrogen (secondary N) is 4. The average Bonchev–Trinajstić information content (AvgIpc) is 3.74. The zero-order chi connectivity index (χ0) is 28.6. The number of ether oxygens (including phenoxy) is 1. The lowest BCUT2D eigenvalue weighted by Gasteiger charge is -2.38. The van der Waals surface area contributed by atoms with E-state index < -0.39 is 11.4 Å². The molecular formula is C29H34FN9O2. The Balaban J connectivity index is 1.13. The molecule has 0 spiro atoms. The molecule has 0 radical (unpaired) electrons. The van der Waals surface area contributed by atoms with E-state index in [9.17, 15) is 9.18 Å². The third-order valence-corrected chi connectivity index (χ3v) is 8.18. The van der Waals surface area contributed by atoms with Gasteiger partial charge in [0.1, 0.15) is 11.4 Å². The van der Waals surface area contributed by atoms with E-state index in [2.05, 4.69) is 42.3 Å². The minimum Gasteiger partial charge on any atom is -0.383 e. The number of aromatic nitrogens is 6. The Hall–Kier alpha value is -4.32. The Labute approximate surface area is 237 Å². The molecule has 0 aromatic carbocycles. The van der Waals surface area contributed by atoms with E-state index in [1.807, 2.05) is 26.0 Å². The number of pyridine rings is 2. The van der Waals surface area contributed by atoms with E-state index in [1.165, 1.54) is 16.4 Å². The van der Waals surface area contributed by atoms with E-state index in [1.54, 1.807) is 19.4 Å². The fraction of sp³-hybridized carbons (Fsp3) is 0.414. The number of H-pyrrole nitrogens is 1. The number of rotatable bonds is 8. The van der Waals surface area contributed by atoms with Crippen LogP contribution in [0.1, 0.15) is 67.1 Å². The highest BCUT2D eigenvalue weighted by Crippen LogP contribution is 2.44. The predicted octanol–water partition coefficient (Wildman–Crippen LogP) is 4.46. The van der Waals surface area contributed by atoms with E-state index in [4.69, 9.17) is 9.72 Å². The summed E-state index contributed by atoms with van der Waals surface area (Å²) in [5, 5.41) is 21.2. The molecule has 1 fully saturated rings. The van der Waals surface area contributed by atoms with E-state index in [0.717, 1.165) is 66.3 Å². The zero-order valence-electron chi connectivity index (χ0n) is 23.4. The summed E-state index contributed by atoms with van der Waals surface area (Å²) in [5.74, 6) is 1.65. The average molecular weight is 560 g/mol. The van der Waals surface area contributed by atoms with Gasteiger partial charge in [0.2, 0.25) is 0 Å². The molecule has 1 aliphatic carbocycles. The second-order valence-electron chi connectivity index (χ2n) is 10.9. The van der Waals surface area contributed by atoms with Gasteiger partial charge in [-0.2, -0.15) is 10.2 Å². The third-order valence-electron chi connectivity index (χ3n) is 8.18. The van der Waals surface area contributed by atoms with E-state index >= 15 is 0 Å². The number of methoxy groups -OCH3 is 1. The van der Waals surface area contributed by atoms with Gasteiger partial charge in [0.15, 0.2) is 17.5 Å².